The maximum atomic E-state index is 7.59. The lowest BCUT2D eigenvalue weighted by atomic mass is 9.77. The molecule has 4 aromatic carbocycles. The summed E-state index contributed by atoms with van der Waals surface area (Å²) in [6, 6.07) is 19.3. The zero-order valence-corrected chi connectivity index (χ0v) is 50.4. The van der Waals surface area contributed by atoms with Crippen LogP contribution in [-0.2, 0) is 43.3 Å². The Balaban J connectivity index is 1.54. The van der Waals surface area contributed by atoms with E-state index in [9.17, 15) is 0 Å². The number of fused-ring (bicyclic) bond motifs is 6. The molecule has 1 saturated heterocycles. The van der Waals surface area contributed by atoms with Gasteiger partial charge in [0.05, 0.1) is 0 Å². The van der Waals surface area contributed by atoms with E-state index in [4.69, 9.17) is 16.8 Å². The molecule has 7 rings (SSSR count). The maximum absolute atomic E-state index is 7.59. The standard InChI is InChI=1S/C62H92N2O4P2/c1-37-35-64(70-67-53-45(29-41(57(9,10)11)33-49(53)61(21,22)23)46-30-42(58(12,13)14)34-50(54(46)68-70)62(24,25)26)38(2)36-63(37)69-65-51-43(27-39(55(3,4)5)31-47(51)59(15,16)17)44-28-40(56(6,7)8)32-48(52(44)66-69)60(18,19)20/h27-34,37-38H,35-36H2,1-26H3. The maximum Gasteiger partial charge on any atom is 0.310 e. The van der Waals surface area contributed by atoms with Crippen LogP contribution in [0.2, 0.25) is 0 Å². The third-order valence-corrected chi connectivity index (χ3v) is 18.0. The molecule has 0 aliphatic carbocycles. The first kappa shape index (κ1) is 54.4. The molecular weight excluding hydrogens is 899 g/mol. The molecule has 0 saturated carbocycles. The van der Waals surface area contributed by atoms with Gasteiger partial charge in [0.15, 0.2) is 0 Å². The first-order valence-electron chi connectivity index (χ1n) is 26.2. The Labute approximate surface area is 425 Å². The third kappa shape index (κ3) is 10.7. The molecule has 0 radical (unpaired) electrons. The Hall–Kier alpha value is -3.40. The predicted molar refractivity (Wildman–Crippen MR) is 307 cm³/mol. The van der Waals surface area contributed by atoms with Gasteiger partial charge in [0.2, 0.25) is 0 Å². The van der Waals surface area contributed by atoms with Crippen molar-refractivity contribution in [2.45, 2.75) is 235 Å². The van der Waals surface area contributed by atoms with E-state index in [1.54, 1.807) is 0 Å². The molecule has 0 N–H and O–H groups in total. The number of rotatable bonds is 2. The van der Waals surface area contributed by atoms with Crippen molar-refractivity contribution in [3.05, 3.63) is 93.0 Å². The number of nitrogens with zero attached hydrogens (tertiary/aromatic N) is 2. The van der Waals surface area contributed by atoms with Crippen LogP contribution in [0.5, 0.6) is 0 Å². The van der Waals surface area contributed by atoms with E-state index in [1.165, 1.54) is 44.5 Å². The van der Waals surface area contributed by atoms with Gasteiger partial charge < -0.3 is 16.8 Å². The van der Waals surface area contributed by atoms with Crippen LogP contribution in [0.4, 0.5) is 0 Å². The summed E-state index contributed by atoms with van der Waals surface area (Å²) in [5.41, 5.74) is 12.8. The van der Waals surface area contributed by atoms with Gasteiger partial charge >= 0.3 is 16.3 Å². The van der Waals surface area contributed by atoms with Crippen LogP contribution in [0.1, 0.15) is 225 Å². The van der Waals surface area contributed by atoms with Crippen LogP contribution >= 0.6 is 16.3 Å². The minimum atomic E-state index is -1.62. The highest BCUT2D eigenvalue weighted by Crippen LogP contribution is 2.51. The molecule has 1 aliphatic rings. The Kier molecular flexibility index (Phi) is 13.7. The van der Waals surface area contributed by atoms with Crippen LogP contribution in [0.25, 0.3) is 43.9 Å². The second kappa shape index (κ2) is 17.6. The Morgan fingerprint density at radius 2 is 0.500 bits per heavy atom. The summed E-state index contributed by atoms with van der Waals surface area (Å²) in [6.07, 6.45) is 0. The van der Waals surface area contributed by atoms with Crippen molar-refractivity contribution in [2.75, 3.05) is 22.4 Å². The molecule has 2 aromatic heterocycles. The fraction of sp³-hybridized carbons (Fsp3) is 0.613. The number of benzene rings is 4. The number of hydrogen-bond acceptors (Lipinski definition) is 6. The van der Waals surface area contributed by atoms with Crippen LogP contribution in [-0.4, -0.2) is 25.2 Å². The van der Waals surface area contributed by atoms with Crippen molar-refractivity contribution in [3.8, 4) is 0 Å². The van der Waals surface area contributed by atoms with E-state index >= 15 is 0 Å². The fourth-order valence-corrected chi connectivity index (χ4v) is 13.2. The van der Waals surface area contributed by atoms with Gasteiger partial charge in [-0.3, -0.25) is 0 Å². The van der Waals surface area contributed by atoms with E-state index in [-0.39, 0.29) is 55.4 Å². The second-order valence-electron chi connectivity index (χ2n) is 29.4. The SMILES string of the molecule is CC1CN(p2oc3c(C(C)(C)C)cc(C(C)(C)C)cc3c3cc(C(C)(C)C)cc(C(C)(C)C)c3o2)C(C)CN1p1oc2c(C(C)(C)C)cc(C(C)(C)C)cc2c2cc(C(C)(C)C)cc(C(C)(C)C)c2o1. The average molecular weight is 991 g/mol. The quantitative estimate of drug-likeness (QED) is 0.172. The first-order chi connectivity index (χ1) is 31.6. The molecular formula is C62H92N2O4P2. The lowest BCUT2D eigenvalue weighted by molar-refractivity contribution is 0.479. The van der Waals surface area contributed by atoms with Crippen molar-refractivity contribution >= 4 is 60.2 Å². The summed E-state index contributed by atoms with van der Waals surface area (Å²) >= 11 is 0. The third-order valence-electron chi connectivity index (χ3n) is 14.6. The topological polar surface area (TPSA) is 59.0 Å². The van der Waals surface area contributed by atoms with E-state index < -0.39 is 16.3 Å². The minimum Gasteiger partial charge on any atom is -0.407 e. The van der Waals surface area contributed by atoms with Crippen molar-refractivity contribution in [2.24, 2.45) is 0 Å². The van der Waals surface area contributed by atoms with Crippen molar-refractivity contribution in [1.29, 1.82) is 0 Å². The Bertz CT molecular complexity index is 2660. The van der Waals surface area contributed by atoms with E-state index in [0.29, 0.717) is 13.1 Å². The van der Waals surface area contributed by atoms with Gasteiger partial charge in [-0.1, -0.05) is 190 Å². The normalized spacial score (nSPS) is 17.9. The summed E-state index contributed by atoms with van der Waals surface area (Å²) in [6.45, 7) is 61.7. The van der Waals surface area contributed by atoms with Crippen LogP contribution in [0.3, 0.4) is 0 Å². The minimum absolute atomic E-state index is 0.0405. The predicted octanol–water partition coefficient (Wildman–Crippen LogP) is 19.6. The van der Waals surface area contributed by atoms with Crippen LogP contribution in [0.15, 0.2) is 65.3 Å². The zero-order chi connectivity index (χ0) is 52.6. The highest BCUT2D eigenvalue weighted by atomic mass is 31.1. The average Bonchev–Trinajstić information content (AvgIpc) is 3.45. The molecule has 0 bridgehead atoms. The van der Waals surface area contributed by atoms with Gasteiger partial charge in [-0.25, -0.2) is 0 Å². The van der Waals surface area contributed by atoms with Gasteiger partial charge in [0.1, 0.15) is 22.3 Å². The lowest BCUT2D eigenvalue weighted by Gasteiger charge is -2.40. The monoisotopic (exact) mass is 991 g/mol. The smallest absolute Gasteiger partial charge is 0.310 e. The number of hydrogen-bond donors (Lipinski definition) is 0. The number of piperazine rings is 1. The molecule has 0 spiro atoms. The van der Waals surface area contributed by atoms with E-state index in [1.807, 2.05) is 0 Å². The van der Waals surface area contributed by atoms with E-state index in [2.05, 4.69) is 238 Å². The molecule has 70 heavy (non-hydrogen) atoms. The molecule has 2 unspecified atom stereocenters. The van der Waals surface area contributed by atoms with Gasteiger partial charge in [-0.15, -0.1) is 0 Å². The molecule has 8 heteroatoms. The van der Waals surface area contributed by atoms with Gasteiger partial charge in [-0.05, 0) is 104 Å². The van der Waals surface area contributed by atoms with Crippen LogP contribution in [0, 0.1) is 0 Å². The van der Waals surface area contributed by atoms with Crippen molar-refractivity contribution in [3.63, 3.8) is 0 Å². The molecule has 2 atom stereocenters. The summed E-state index contributed by atoms with van der Waals surface area (Å²) in [5.74, 6) is 0. The van der Waals surface area contributed by atoms with Gasteiger partial charge in [0.25, 0.3) is 0 Å². The van der Waals surface area contributed by atoms with E-state index in [0.717, 1.165) is 43.9 Å². The largest absolute Gasteiger partial charge is 0.407 e. The summed E-state index contributed by atoms with van der Waals surface area (Å²) in [7, 11) is -3.25. The molecule has 3 heterocycles. The fourth-order valence-electron chi connectivity index (χ4n) is 9.77. The molecule has 6 nitrogen and oxygen atoms in total. The molecule has 384 valence electrons. The summed E-state index contributed by atoms with van der Waals surface area (Å²) < 4.78 is 35.4. The zero-order valence-electron chi connectivity index (χ0n) is 48.6. The van der Waals surface area contributed by atoms with Crippen LogP contribution < -0.4 is 9.34 Å². The van der Waals surface area contributed by atoms with Crippen molar-refractivity contribution in [1.82, 2.24) is 0 Å². The molecule has 0 amide bonds. The lowest BCUT2D eigenvalue weighted by Crippen LogP contribution is -2.54. The van der Waals surface area contributed by atoms with Gasteiger partial charge in [0, 0.05) is 69.0 Å². The van der Waals surface area contributed by atoms with Gasteiger partial charge in [-0.2, -0.15) is 9.34 Å². The Morgan fingerprint density at radius 3 is 0.657 bits per heavy atom. The highest BCUT2D eigenvalue weighted by Gasteiger charge is 2.39. The molecule has 1 aliphatic heterocycles. The highest BCUT2D eigenvalue weighted by molar-refractivity contribution is 7.39. The molecule has 6 aromatic rings. The van der Waals surface area contributed by atoms with Crippen molar-refractivity contribution < 1.29 is 16.8 Å². The Morgan fingerprint density at radius 1 is 0.314 bits per heavy atom. The summed E-state index contributed by atoms with van der Waals surface area (Å²) in [5, 5.41) is 4.51. The molecule has 1 fully saturated rings. The summed E-state index contributed by atoms with van der Waals surface area (Å²) in [4.78, 5) is 0. The second-order valence-corrected chi connectivity index (χ2v) is 32.1. The first-order valence-corrected chi connectivity index (χ1v) is 28.4.